The van der Waals surface area contributed by atoms with Gasteiger partial charge in [0.1, 0.15) is 5.69 Å². The molecule has 4 aromatic carbocycles. The van der Waals surface area contributed by atoms with Gasteiger partial charge in [-0.15, -0.1) is 5.11 Å². The minimum Gasteiger partial charge on any atom is -0.505 e. The smallest absolute Gasteiger partial charge is 0.259 e. The molecule has 0 bridgehead atoms. The number of phenols is 1. The fraction of sp³-hybridized carbons (Fsp3) is 0.0769. The van der Waals surface area contributed by atoms with Crippen molar-refractivity contribution in [3.63, 3.8) is 0 Å². The number of benzene rings is 4. The van der Waals surface area contributed by atoms with Gasteiger partial charge in [-0.25, -0.2) is 0 Å². The average Bonchev–Trinajstić information content (AvgIpc) is 2.84. The fourth-order valence-electron chi connectivity index (χ4n) is 3.60. The number of hydrogen-bond donors (Lipinski definition) is 4. The number of nitrogens with two attached hydrogens (primary N) is 1. The molecule has 4 rings (SSSR count). The molecule has 0 aliphatic heterocycles. The summed E-state index contributed by atoms with van der Waals surface area (Å²) >= 11 is 6.00. The van der Waals surface area contributed by atoms with Crippen molar-refractivity contribution in [1.29, 1.82) is 0 Å². The number of rotatable bonds is 6. The molecule has 9 heteroatoms. The molecule has 0 aromatic heterocycles. The molecule has 5 N–H and O–H groups in total. The highest BCUT2D eigenvalue weighted by atomic mass is 35.5. The predicted molar refractivity (Wildman–Crippen MR) is 135 cm³/mol. The summed E-state index contributed by atoms with van der Waals surface area (Å²) in [4.78, 5) is 24.7. The second kappa shape index (κ2) is 9.92. The van der Waals surface area contributed by atoms with Gasteiger partial charge < -0.3 is 21.3 Å². The Morgan fingerprint density at radius 1 is 1.03 bits per heavy atom. The molecule has 0 unspecified atom stereocenters. The number of nitrogens with zero attached hydrogens (tertiary/aromatic N) is 2. The summed E-state index contributed by atoms with van der Waals surface area (Å²) in [5, 5.41) is 33.6. The van der Waals surface area contributed by atoms with Crippen LogP contribution in [-0.2, 0) is 6.61 Å². The maximum Gasteiger partial charge on any atom is 0.259 e. The number of anilines is 1. The van der Waals surface area contributed by atoms with E-state index in [0.717, 1.165) is 5.56 Å². The number of halogens is 1. The first kappa shape index (κ1) is 23.9. The van der Waals surface area contributed by atoms with Gasteiger partial charge in [-0.05, 0) is 54.3 Å². The molecule has 176 valence electrons. The Balaban J connectivity index is 1.80. The molecule has 0 aliphatic rings. The second-order valence-electron chi connectivity index (χ2n) is 7.82. The predicted octanol–water partition coefficient (Wildman–Crippen LogP) is 5.77. The largest absolute Gasteiger partial charge is 0.505 e. The zero-order valence-electron chi connectivity index (χ0n) is 18.6. The minimum atomic E-state index is -0.657. The highest BCUT2D eigenvalue weighted by Gasteiger charge is 2.19. The van der Waals surface area contributed by atoms with Crippen LogP contribution in [0.2, 0.25) is 5.02 Å². The van der Waals surface area contributed by atoms with E-state index in [0.29, 0.717) is 27.0 Å². The number of aliphatic hydroxyl groups is 1. The van der Waals surface area contributed by atoms with Crippen LogP contribution in [0.5, 0.6) is 5.75 Å². The van der Waals surface area contributed by atoms with Crippen LogP contribution in [0.3, 0.4) is 0 Å². The summed E-state index contributed by atoms with van der Waals surface area (Å²) in [6.07, 6.45) is 0. The molecule has 0 radical (unpaired) electrons. The van der Waals surface area contributed by atoms with E-state index < -0.39 is 11.8 Å². The van der Waals surface area contributed by atoms with E-state index >= 15 is 0 Å². The molecule has 35 heavy (non-hydrogen) atoms. The molecular formula is C26H21ClN4O4. The lowest BCUT2D eigenvalue weighted by Crippen LogP contribution is -2.13. The van der Waals surface area contributed by atoms with E-state index in [2.05, 4.69) is 15.5 Å². The SMILES string of the molecule is Cc1cc(Cl)ccc1NC(=O)c1cc2ccccc2c(/N=N/c2cc(C(N)=O)ccc2CO)c1O. The first-order valence-corrected chi connectivity index (χ1v) is 10.9. The number of aromatic hydroxyl groups is 1. The van der Waals surface area contributed by atoms with Crippen molar-refractivity contribution < 1.29 is 19.8 Å². The third-order valence-corrected chi connectivity index (χ3v) is 5.71. The molecule has 0 heterocycles. The van der Waals surface area contributed by atoms with E-state index in [1.165, 1.54) is 18.2 Å². The number of aliphatic hydroxyl groups excluding tert-OH is 1. The van der Waals surface area contributed by atoms with Crippen molar-refractivity contribution in [2.45, 2.75) is 13.5 Å². The average molecular weight is 489 g/mol. The number of phenolic OH excluding ortho intramolecular Hbond substituents is 1. The van der Waals surface area contributed by atoms with Crippen LogP contribution in [-0.4, -0.2) is 22.0 Å². The molecule has 0 saturated carbocycles. The van der Waals surface area contributed by atoms with Crippen LogP contribution in [0.1, 0.15) is 31.8 Å². The lowest BCUT2D eigenvalue weighted by molar-refractivity contribution is 0.0997. The van der Waals surface area contributed by atoms with E-state index in [4.69, 9.17) is 17.3 Å². The standard InChI is InChI=1S/C26H21ClN4O4/c1-14-10-18(27)8-9-21(14)29-26(35)20-11-15-4-2-3-5-19(15)23(24(20)33)31-30-22-12-16(25(28)34)6-7-17(22)13-32/h2-12,32-33H,13H2,1H3,(H2,28,34)(H,29,35)/b31-30+. The summed E-state index contributed by atoms with van der Waals surface area (Å²) < 4.78 is 0. The number of azo groups is 1. The van der Waals surface area contributed by atoms with Crippen molar-refractivity contribution in [1.82, 2.24) is 0 Å². The maximum atomic E-state index is 13.1. The number of fused-ring (bicyclic) bond motifs is 1. The van der Waals surface area contributed by atoms with Crippen LogP contribution in [0.4, 0.5) is 17.1 Å². The van der Waals surface area contributed by atoms with Crippen molar-refractivity contribution in [3.05, 3.63) is 94.0 Å². The first-order chi connectivity index (χ1) is 16.8. The van der Waals surface area contributed by atoms with E-state index in [1.807, 2.05) is 0 Å². The number of nitrogens with one attached hydrogen (secondary N) is 1. The lowest BCUT2D eigenvalue weighted by Gasteiger charge is -2.13. The monoisotopic (exact) mass is 488 g/mol. The normalized spacial score (nSPS) is 11.2. The minimum absolute atomic E-state index is 0.000248. The number of amides is 2. The van der Waals surface area contributed by atoms with Crippen LogP contribution < -0.4 is 11.1 Å². The zero-order chi connectivity index (χ0) is 25.1. The van der Waals surface area contributed by atoms with Crippen molar-refractivity contribution in [3.8, 4) is 5.75 Å². The summed E-state index contributed by atoms with van der Waals surface area (Å²) in [6.45, 7) is 1.46. The Morgan fingerprint density at radius 3 is 2.51 bits per heavy atom. The van der Waals surface area contributed by atoms with Crippen LogP contribution >= 0.6 is 11.6 Å². The van der Waals surface area contributed by atoms with Crippen LogP contribution in [0.15, 0.2) is 77.0 Å². The van der Waals surface area contributed by atoms with Gasteiger partial charge in [0, 0.05) is 27.2 Å². The molecule has 0 aliphatic carbocycles. The summed E-state index contributed by atoms with van der Waals surface area (Å²) in [5.74, 6) is -1.56. The summed E-state index contributed by atoms with van der Waals surface area (Å²) in [5.41, 5.74) is 7.53. The van der Waals surface area contributed by atoms with Gasteiger partial charge in [0.05, 0.1) is 17.9 Å². The topological polar surface area (TPSA) is 137 Å². The quantitative estimate of drug-likeness (QED) is 0.256. The van der Waals surface area contributed by atoms with E-state index in [-0.39, 0.29) is 34.9 Å². The van der Waals surface area contributed by atoms with Gasteiger partial charge in [-0.2, -0.15) is 5.11 Å². The fourth-order valence-corrected chi connectivity index (χ4v) is 3.82. The van der Waals surface area contributed by atoms with Crippen molar-refractivity contribution in [2.24, 2.45) is 16.0 Å². The molecule has 0 fully saturated rings. The number of carbonyl (C=O) groups excluding carboxylic acids is 2. The molecule has 4 aromatic rings. The Kier molecular flexibility index (Phi) is 6.77. The molecular weight excluding hydrogens is 468 g/mol. The zero-order valence-corrected chi connectivity index (χ0v) is 19.4. The molecule has 0 atom stereocenters. The first-order valence-electron chi connectivity index (χ1n) is 10.6. The van der Waals surface area contributed by atoms with Crippen molar-refractivity contribution >= 4 is 51.2 Å². The van der Waals surface area contributed by atoms with Gasteiger partial charge in [-0.3, -0.25) is 9.59 Å². The highest BCUT2D eigenvalue weighted by molar-refractivity contribution is 6.30. The molecule has 0 saturated heterocycles. The summed E-state index contributed by atoms with van der Waals surface area (Å²) in [6, 6.07) is 18.1. The third-order valence-electron chi connectivity index (χ3n) is 5.47. The number of primary amides is 1. The Hall–Kier alpha value is -4.27. The van der Waals surface area contributed by atoms with Gasteiger partial charge in [0.25, 0.3) is 5.91 Å². The highest BCUT2D eigenvalue weighted by Crippen LogP contribution is 2.40. The van der Waals surface area contributed by atoms with Crippen LogP contribution in [0.25, 0.3) is 10.8 Å². The number of aryl methyl sites for hydroxylation is 1. The number of hydrogen-bond acceptors (Lipinski definition) is 6. The number of carbonyl (C=O) groups is 2. The maximum absolute atomic E-state index is 13.1. The lowest BCUT2D eigenvalue weighted by atomic mass is 10.0. The second-order valence-corrected chi connectivity index (χ2v) is 8.26. The van der Waals surface area contributed by atoms with Crippen LogP contribution in [0, 0.1) is 6.92 Å². The molecule has 2 amide bonds. The van der Waals surface area contributed by atoms with Crippen molar-refractivity contribution in [2.75, 3.05) is 5.32 Å². The summed E-state index contributed by atoms with van der Waals surface area (Å²) in [7, 11) is 0. The van der Waals surface area contributed by atoms with Gasteiger partial charge >= 0.3 is 0 Å². The molecule has 8 nitrogen and oxygen atoms in total. The van der Waals surface area contributed by atoms with E-state index in [9.17, 15) is 19.8 Å². The third kappa shape index (κ3) is 4.98. The van der Waals surface area contributed by atoms with Gasteiger partial charge in [0.2, 0.25) is 5.91 Å². The van der Waals surface area contributed by atoms with E-state index in [1.54, 1.807) is 55.5 Å². The van der Waals surface area contributed by atoms with Gasteiger partial charge in [0.15, 0.2) is 5.75 Å². The Bertz CT molecular complexity index is 1500. The molecule has 0 spiro atoms. The Labute approximate surface area is 205 Å². The van der Waals surface area contributed by atoms with Gasteiger partial charge in [-0.1, -0.05) is 41.9 Å². The Morgan fingerprint density at radius 2 is 1.80 bits per heavy atom.